The van der Waals surface area contributed by atoms with Crippen LogP contribution in [0.2, 0.25) is 0 Å². The van der Waals surface area contributed by atoms with E-state index in [4.69, 9.17) is 9.47 Å². The normalized spacial score (nSPS) is 11.8. The molecule has 0 rings (SSSR count). The van der Waals surface area contributed by atoms with E-state index in [2.05, 4.69) is 37.5 Å². The number of carbonyl (C=O) groups excluding carboxylic acids is 2. The second-order valence-corrected chi connectivity index (χ2v) is 19.3. The molecule has 0 bridgehead atoms. The third-order valence-electron chi connectivity index (χ3n) is 13.3. The third kappa shape index (κ3) is 41.9. The van der Waals surface area contributed by atoms with Crippen LogP contribution >= 0.6 is 0 Å². The number of ether oxygens (including phenoxy) is 2. The van der Waals surface area contributed by atoms with Crippen molar-refractivity contribution in [3.63, 3.8) is 0 Å². The average Bonchev–Trinajstić information content (AvgIpc) is 3.28. The van der Waals surface area contributed by atoms with Gasteiger partial charge in [0, 0.05) is 13.1 Å². The first-order chi connectivity index (χ1) is 31.0. The molecule has 0 aromatic carbocycles. The number of hydrogen-bond acceptors (Lipinski definition) is 8. The largest absolute Gasteiger partial charge is 0.465 e. The number of unbranched alkanes of at least 4 members (excludes halogenated alkanes) is 26. The van der Waals surface area contributed by atoms with Crippen LogP contribution < -0.4 is 0 Å². The standard InChI is InChI=1S/C55H110N2O6/c1-5-9-13-17-21-29-38-52(39-30-22-18-14-10-6-2)54(60)62-50-35-27-25-33-42-56(46-48-58)44-37-45-57(47-49-59)43-34-26-28-36-51-63-55(61)53(40-31-23-19-15-11-7-3)41-32-24-20-16-12-8-4/h52-53,58-59H,5-51H2,1-4H3. The zero-order valence-electron chi connectivity index (χ0n) is 42.8. The Morgan fingerprint density at radius 2 is 0.587 bits per heavy atom. The van der Waals surface area contributed by atoms with Crippen LogP contribution in [0.5, 0.6) is 0 Å². The van der Waals surface area contributed by atoms with Crippen molar-refractivity contribution >= 4 is 11.9 Å². The van der Waals surface area contributed by atoms with Crippen LogP contribution in [0.25, 0.3) is 0 Å². The molecule has 63 heavy (non-hydrogen) atoms. The monoisotopic (exact) mass is 895 g/mol. The Labute approximate surface area is 392 Å². The highest BCUT2D eigenvalue weighted by Crippen LogP contribution is 2.23. The molecule has 0 amide bonds. The van der Waals surface area contributed by atoms with Gasteiger partial charge in [0.05, 0.1) is 38.3 Å². The van der Waals surface area contributed by atoms with Crippen molar-refractivity contribution in [1.82, 2.24) is 9.80 Å². The Bertz CT molecular complexity index is 833. The lowest BCUT2D eigenvalue weighted by Gasteiger charge is -2.25. The second-order valence-electron chi connectivity index (χ2n) is 19.3. The van der Waals surface area contributed by atoms with Crippen molar-refractivity contribution in [3.8, 4) is 0 Å². The van der Waals surface area contributed by atoms with Crippen LogP contribution in [0.4, 0.5) is 0 Å². The molecule has 0 saturated carbocycles. The Kier molecular flexibility index (Phi) is 49.2. The topological polar surface area (TPSA) is 99.5 Å². The average molecular weight is 895 g/mol. The van der Waals surface area contributed by atoms with Gasteiger partial charge in [-0.05, 0) is 84.0 Å². The van der Waals surface area contributed by atoms with Gasteiger partial charge in [-0.2, -0.15) is 0 Å². The predicted octanol–water partition coefficient (Wildman–Crippen LogP) is 14.4. The lowest BCUT2D eigenvalue weighted by molar-refractivity contribution is -0.150. The van der Waals surface area contributed by atoms with Crippen LogP contribution in [0.1, 0.15) is 265 Å². The van der Waals surface area contributed by atoms with Gasteiger partial charge in [-0.3, -0.25) is 9.59 Å². The molecule has 0 spiro atoms. The number of hydrogen-bond donors (Lipinski definition) is 2. The quantitative estimate of drug-likeness (QED) is 0.0460. The van der Waals surface area contributed by atoms with Gasteiger partial charge in [-0.1, -0.05) is 207 Å². The van der Waals surface area contributed by atoms with E-state index in [1.807, 2.05) is 0 Å². The molecule has 0 heterocycles. The summed E-state index contributed by atoms with van der Waals surface area (Å²) >= 11 is 0. The number of carbonyl (C=O) groups is 2. The fourth-order valence-electron chi connectivity index (χ4n) is 9.08. The van der Waals surface area contributed by atoms with E-state index < -0.39 is 0 Å². The highest BCUT2D eigenvalue weighted by Gasteiger charge is 2.20. The molecule has 8 heteroatoms. The molecule has 0 unspecified atom stereocenters. The molecular weight excluding hydrogens is 785 g/mol. The first-order valence-electron chi connectivity index (χ1n) is 28.0. The van der Waals surface area contributed by atoms with E-state index in [1.54, 1.807) is 0 Å². The second kappa shape index (κ2) is 50.2. The van der Waals surface area contributed by atoms with Gasteiger partial charge in [-0.25, -0.2) is 0 Å². The van der Waals surface area contributed by atoms with Gasteiger partial charge in [0.1, 0.15) is 0 Å². The fraction of sp³-hybridized carbons (Fsp3) is 0.964. The van der Waals surface area contributed by atoms with E-state index in [0.717, 1.165) is 135 Å². The summed E-state index contributed by atoms with van der Waals surface area (Å²) in [4.78, 5) is 30.9. The van der Waals surface area contributed by atoms with Crippen molar-refractivity contribution in [3.05, 3.63) is 0 Å². The number of aliphatic hydroxyl groups excluding tert-OH is 2. The molecule has 2 N–H and O–H groups in total. The van der Waals surface area contributed by atoms with Crippen molar-refractivity contribution < 1.29 is 29.3 Å². The van der Waals surface area contributed by atoms with Crippen LogP contribution in [0.15, 0.2) is 0 Å². The highest BCUT2D eigenvalue weighted by atomic mass is 16.5. The van der Waals surface area contributed by atoms with Gasteiger partial charge in [0.2, 0.25) is 0 Å². The zero-order chi connectivity index (χ0) is 46.1. The summed E-state index contributed by atoms with van der Waals surface area (Å²) in [5.74, 6) is 0.228. The summed E-state index contributed by atoms with van der Waals surface area (Å²) in [6.45, 7) is 15.7. The fourth-order valence-corrected chi connectivity index (χ4v) is 9.08. The molecular formula is C55H110N2O6. The maximum absolute atomic E-state index is 13.1. The summed E-state index contributed by atoms with van der Waals surface area (Å²) in [5, 5.41) is 19.5. The molecule has 0 aliphatic rings. The predicted molar refractivity (Wildman–Crippen MR) is 269 cm³/mol. The number of aliphatic hydroxyl groups is 2. The Morgan fingerprint density at radius 1 is 0.333 bits per heavy atom. The molecule has 8 nitrogen and oxygen atoms in total. The first-order valence-corrected chi connectivity index (χ1v) is 28.0. The van der Waals surface area contributed by atoms with Crippen LogP contribution in [0, 0.1) is 11.8 Å². The van der Waals surface area contributed by atoms with Gasteiger partial charge < -0.3 is 29.5 Å². The Hall–Kier alpha value is -1.22. The molecule has 0 aliphatic carbocycles. The molecule has 0 fully saturated rings. The van der Waals surface area contributed by atoms with Crippen molar-refractivity contribution in [2.75, 3.05) is 65.7 Å². The SMILES string of the molecule is CCCCCCCCC(CCCCCCCC)C(=O)OCCCCCCN(CCO)CCCN(CCO)CCCCCCOC(=O)C(CCCCCCCC)CCCCCCCC. The molecule has 376 valence electrons. The van der Waals surface area contributed by atoms with Crippen LogP contribution in [0.3, 0.4) is 0 Å². The Morgan fingerprint density at radius 3 is 0.889 bits per heavy atom. The summed E-state index contributed by atoms with van der Waals surface area (Å²) in [7, 11) is 0. The van der Waals surface area contributed by atoms with E-state index >= 15 is 0 Å². The van der Waals surface area contributed by atoms with Crippen LogP contribution in [-0.2, 0) is 19.1 Å². The van der Waals surface area contributed by atoms with E-state index in [1.165, 1.54) is 128 Å². The zero-order valence-corrected chi connectivity index (χ0v) is 42.8. The van der Waals surface area contributed by atoms with Gasteiger partial charge in [0.15, 0.2) is 0 Å². The first kappa shape index (κ1) is 61.8. The van der Waals surface area contributed by atoms with E-state index in [0.29, 0.717) is 26.3 Å². The summed E-state index contributed by atoms with van der Waals surface area (Å²) in [6.07, 6.45) is 43.5. The van der Waals surface area contributed by atoms with E-state index in [-0.39, 0.29) is 37.0 Å². The van der Waals surface area contributed by atoms with E-state index in [9.17, 15) is 19.8 Å². The van der Waals surface area contributed by atoms with Crippen molar-refractivity contribution in [1.29, 1.82) is 0 Å². The van der Waals surface area contributed by atoms with Crippen LogP contribution in [-0.4, -0.2) is 97.6 Å². The molecule has 0 saturated heterocycles. The minimum absolute atomic E-state index is 0.0419. The number of nitrogens with zero attached hydrogens (tertiary/aromatic N) is 2. The maximum atomic E-state index is 13.1. The minimum atomic E-state index is 0.0419. The Balaban J connectivity index is 4.41. The lowest BCUT2D eigenvalue weighted by atomic mass is 9.94. The highest BCUT2D eigenvalue weighted by molar-refractivity contribution is 5.72. The van der Waals surface area contributed by atoms with Crippen molar-refractivity contribution in [2.24, 2.45) is 11.8 Å². The van der Waals surface area contributed by atoms with Gasteiger partial charge in [-0.15, -0.1) is 0 Å². The van der Waals surface area contributed by atoms with Gasteiger partial charge in [0.25, 0.3) is 0 Å². The van der Waals surface area contributed by atoms with Crippen molar-refractivity contribution in [2.45, 2.75) is 265 Å². The molecule has 0 aliphatic heterocycles. The minimum Gasteiger partial charge on any atom is -0.465 e. The third-order valence-corrected chi connectivity index (χ3v) is 13.3. The van der Waals surface area contributed by atoms with Gasteiger partial charge >= 0.3 is 11.9 Å². The number of rotatable bonds is 52. The smallest absolute Gasteiger partial charge is 0.308 e. The summed E-state index contributed by atoms with van der Waals surface area (Å²) < 4.78 is 11.7. The lowest BCUT2D eigenvalue weighted by Crippen LogP contribution is -2.34. The maximum Gasteiger partial charge on any atom is 0.308 e. The summed E-state index contributed by atoms with van der Waals surface area (Å²) in [6, 6.07) is 0. The molecule has 0 aromatic heterocycles. The summed E-state index contributed by atoms with van der Waals surface area (Å²) in [5.41, 5.74) is 0. The molecule has 0 aromatic rings. The molecule has 0 atom stereocenters. The number of esters is 2. The molecule has 0 radical (unpaired) electrons.